The second-order valence-electron chi connectivity index (χ2n) is 10.0. The summed E-state index contributed by atoms with van der Waals surface area (Å²) < 4.78 is 21.3. The molecule has 1 fully saturated rings. The van der Waals surface area contributed by atoms with Crippen molar-refractivity contribution in [3.8, 4) is 17.2 Å². The Morgan fingerprint density at radius 3 is 1.93 bits per heavy atom. The number of amides is 1. The van der Waals surface area contributed by atoms with E-state index in [9.17, 15) is 9.59 Å². The molecule has 9 nitrogen and oxygen atoms in total. The third-order valence-corrected chi connectivity index (χ3v) is 7.70. The van der Waals surface area contributed by atoms with Gasteiger partial charge in [0, 0.05) is 45.9 Å². The van der Waals surface area contributed by atoms with Crippen molar-refractivity contribution in [2.75, 3.05) is 48.1 Å². The average Bonchev–Trinajstić information content (AvgIpc) is 3.03. The summed E-state index contributed by atoms with van der Waals surface area (Å²) in [7, 11) is 5.87. The predicted molar refractivity (Wildman–Crippen MR) is 167 cm³/mol. The van der Waals surface area contributed by atoms with Crippen LogP contribution in [0.5, 0.6) is 17.2 Å². The molecule has 0 aliphatic carbocycles. The van der Waals surface area contributed by atoms with Crippen LogP contribution in [0.1, 0.15) is 34.3 Å². The van der Waals surface area contributed by atoms with Crippen molar-refractivity contribution >= 4 is 40.8 Å². The standard InChI is InChI=1S/C32H35Cl2N3O6/c1-40-27-16-22(17-28(41-2)30(27)42-3)31(38)35-25-6-5-15-37(18-25)19-26(32(39)43-4)36-29(20-7-11-23(33)12-8-20)21-9-13-24(34)14-10-21/h7-14,16-17,25-26H,5-6,15,18-19H2,1-4H3,(H,35,38). The molecule has 0 saturated carbocycles. The van der Waals surface area contributed by atoms with Crippen molar-refractivity contribution in [3.63, 3.8) is 0 Å². The third kappa shape index (κ3) is 8.19. The fourth-order valence-corrected chi connectivity index (χ4v) is 5.31. The number of nitrogens with one attached hydrogen (secondary N) is 1. The number of halogens is 2. The van der Waals surface area contributed by atoms with Gasteiger partial charge in [-0.2, -0.15) is 0 Å². The number of rotatable bonds is 11. The highest BCUT2D eigenvalue weighted by Crippen LogP contribution is 2.38. The Morgan fingerprint density at radius 2 is 1.44 bits per heavy atom. The Balaban J connectivity index is 1.54. The number of benzene rings is 3. The fraction of sp³-hybridized carbons (Fsp3) is 0.344. The van der Waals surface area contributed by atoms with Gasteiger partial charge in [0.2, 0.25) is 5.75 Å². The van der Waals surface area contributed by atoms with Gasteiger partial charge in [0.05, 0.1) is 34.2 Å². The Kier molecular flexibility index (Phi) is 11.3. The Bertz CT molecular complexity index is 1370. The molecule has 0 aromatic heterocycles. The largest absolute Gasteiger partial charge is 0.493 e. The van der Waals surface area contributed by atoms with E-state index in [4.69, 9.17) is 47.1 Å². The predicted octanol–water partition coefficient (Wildman–Crippen LogP) is 5.29. The van der Waals surface area contributed by atoms with Gasteiger partial charge in [0.25, 0.3) is 5.91 Å². The summed E-state index contributed by atoms with van der Waals surface area (Å²) >= 11 is 12.3. The van der Waals surface area contributed by atoms with Gasteiger partial charge in [0.1, 0.15) is 0 Å². The minimum Gasteiger partial charge on any atom is -0.493 e. The summed E-state index contributed by atoms with van der Waals surface area (Å²) in [5.41, 5.74) is 2.61. The van der Waals surface area contributed by atoms with Crippen LogP contribution >= 0.6 is 23.2 Å². The van der Waals surface area contributed by atoms with Crippen molar-refractivity contribution in [1.29, 1.82) is 0 Å². The van der Waals surface area contributed by atoms with Crippen molar-refractivity contribution in [1.82, 2.24) is 10.2 Å². The van der Waals surface area contributed by atoms with Crippen LogP contribution in [0.4, 0.5) is 0 Å². The number of piperidine rings is 1. The lowest BCUT2D eigenvalue weighted by Gasteiger charge is -2.34. The number of hydrogen-bond donors (Lipinski definition) is 1. The molecule has 4 rings (SSSR count). The first-order valence-electron chi connectivity index (χ1n) is 13.8. The Labute approximate surface area is 261 Å². The number of carbonyl (C=O) groups excluding carboxylic acids is 2. The maximum atomic E-state index is 13.2. The van der Waals surface area contributed by atoms with E-state index in [-0.39, 0.29) is 11.9 Å². The average molecular weight is 629 g/mol. The van der Waals surface area contributed by atoms with E-state index in [2.05, 4.69) is 10.2 Å². The Hall–Kier alpha value is -3.79. The Morgan fingerprint density at radius 1 is 0.884 bits per heavy atom. The van der Waals surface area contributed by atoms with E-state index < -0.39 is 12.0 Å². The number of nitrogens with zero attached hydrogens (tertiary/aromatic N) is 2. The van der Waals surface area contributed by atoms with E-state index in [1.165, 1.54) is 28.4 Å². The van der Waals surface area contributed by atoms with Gasteiger partial charge in [0.15, 0.2) is 17.5 Å². The van der Waals surface area contributed by atoms with Gasteiger partial charge in [-0.1, -0.05) is 47.5 Å². The second-order valence-corrected chi connectivity index (χ2v) is 10.9. The highest BCUT2D eigenvalue weighted by molar-refractivity contribution is 6.31. The molecule has 3 aromatic rings. The zero-order chi connectivity index (χ0) is 30.9. The number of methoxy groups -OCH3 is 4. The molecule has 2 atom stereocenters. The number of carbonyl (C=O) groups is 2. The van der Waals surface area contributed by atoms with E-state index in [0.29, 0.717) is 51.7 Å². The number of hydrogen-bond acceptors (Lipinski definition) is 8. The first-order valence-corrected chi connectivity index (χ1v) is 14.5. The highest BCUT2D eigenvalue weighted by Gasteiger charge is 2.28. The first kappa shape index (κ1) is 32.1. The van der Waals surface area contributed by atoms with Crippen molar-refractivity contribution in [2.24, 2.45) is 4.99 Å². The molecule has 1 aliphatic heterocycles. The van der Waals surface area contributed by atoms with Crippen molar-refractivity contribution in [2.45, 2.75) is 24.9 Å². The van der Waals surface area contributed by atoms with Crippen LogP contribution in [-0.4, -0.2) is 82.6 Å². The van der Waals surface area contributed by atoms with Gasteiger partial charge in [-0.05, 0) is 55.8 Å². The summed E-state index contributed by atoms with van der Waals surface area (Å²) in [6, 6.07) is 16.8. The lowest BCUT2D eigenvalue weighted by Crippen LogP contribution is -2.50. The van der Waals surface area contributed by atoms with Crippen LogP contribution < -0.4 is 19.5 Å². The number of aliphatic imine (C=N–C) groups is 1. The second kappa shape index (κ2) is 15.1. The molecule has 1 amide bonds. The number of ether oxygens (including phenoxy) is 4. The SMILES string of the molecule is COC(=O)C(CN1CCCC(NC(=O)c2cc(OC)c(OC)c(OC)c2)C1)N=C(c1ccc(Cl)cc1)c1ccc(Cl)cc1. The van der Waals surface area contributed by atoms with Gasteiger partial charge < -0.3 is 24.3 Å². The first-order chi connectivity index (χ1) is 20.8. The molecule has 1 N–H and O–H groups in total. The third-order valence-electron chi connectivity index (χ3n) is 7.19. The minimum atomic E-state index is -0.809. The van der Waals surface area contributed by atoms with Gasteiger partial charge in [-0.3, -0.25) is 14.7 Å². The molecule has 1 heterocycles. The molecule has 0 bridgehead atoms. The summed E-state index contributed by atoms with van der Waals surface area (Å²) in [4.78, 5) is 33.3. The lowest BCUT2D eigenvalue weighted by molar-refractivity contribution is -0.142. The monoisotopic (exact) mass is 627 g/mol. The summed E-state index contributed by atoms with van der Waals surface area (Å²) in [6.07, 6.45) is 1.62. The van der Waals surface area contributed by atoms with Gasteiger partial charge in [-0.25, -0.2) is 4.79 Å². The molecular weight excluding hydrogens is 593 g/mol. The summed E-state index contributed by atoms with van der Waals surface area (Å²) in [5, 5.41) is 4.30. The zero-order valence-corrected chi connectivity index (χ0v) is 26.1. The molecule has 1 aliphatic rings. The van der Waals surface area contributed by atoms with E-state index in [1.807, 2.05) is 24.3 Å². The highest BCUT2D eigenvalue weighted by atomic mass is 35.5. The normalized spacial score (nSPS) is 15.6. The van der Waals surface area contributed by atoms with E-state index >= 15 is 0 Å². The number of likely N-dealkylation sites (tertiary alicyclic amines) is 1. The molecule has 228 valence electrons. The van der Waals surface area contributed by atoms with Crippen LogP contribution in [-0.2, 0) is 9.53 Å². The van der Waals surface area contributed by atoms with Crippen molar-refractivity contribution in [3.05, 3.63) is 87.4 Å². The molecule has 0 radical (unpaired) electrons. The summed E-state index contributed by atoms with van der Waals surface area (Å²) in [6.45, 7) is 1.60. The molecular formula is C32H35Cl2N3O6. The van der Waals surface area contributed by atoms with E-state index in [1.54, 1.807) is 36.4 Å². The van der Waals surface area contributed by atoms with Gasteiger partial charge >= 0.3 is 5.97 Å². The van der Waals surface area contributed by atoms with Crippen LogP contribution in [0.2, 0.25) is 10.0 Å². The maximum Gasteiger partial charge on any atom is 0.331 e. The fourth-order valence-electron chi connectivity index (χ4n) is 5.06. The smallest absolute Gasteiger partial charge is 0.331 e. The molecule has 43 heavy (non-hydrogen) atoms. The quantitative estimate of drug-likeness (QED) is 0.228. The summed E-state index contributed by atoms with van der Waals surface area (Å²) in [5.74, 6) is 0.489. The molecule has 1 saturated heterocycles. The van der Waals surface area contributed by atoms with Crippen molar-refractivity contribution < 1.29 is 28.5 Å². The van der Waals surface area contributed by atoms with Crippen LogP contribution in [0.3, 0.4) is 0 Å². The minimum absolute atomic E-state index is 0.144. The maximum absolute atomic E-state index is 13.2. The van der Waals surface area contributed by atoms with Crippen LogP contribution in [0, 0.1) is 0 Å². The van der Waals surface area contributed by atoms with Crippen LogP contribution in [0.15, 0.2) is 65.7 Å². The number of esters is 1. The van der Waals surface area contributed by atoms with Gasteiger partial charge in [-0.15, -0.1) is 0 Å². The topological polar surface area (TPSA) is 98.7 Å². The molecule has 2 unspecified atom stereocenters. The van der Waals surface area contributed by atoms with E-state index in [0.717, 1.165) is 30.5 Å². The molecule has 0 spiro atoms. The molecule has 11 heteroatoms. The lowest BCUT2D eigenvalue weighted by atomic mass is 10.0. The zero-order valence-electron chi connectivity index (χ0n) is 24.6. The van der Waals surface area contributed by atoms with Crippen LogP contribution in [0.25, 0.3) is 0 Å². The molecule has 3 aromatic carbocycles.